The number of anilines is 6. The van der Waals surface area contributed by atoms with Crippen LogP contribution in [-0.4, -0.2) is 11.7 Å². The number of rotatable bonds is 2. The van der Waals surface area contributed by atoms with Crippen LogP contribution in [0.3, 0.4) is 0 Å². The van der Waals surface area contributed by atoms with Gasteiger partial charge in [0.15, 0.2) is 0 Å². The first kappa shape index (κ1) is 34.8. The molecule has 0 bridgehead atoms. The van der Waals surface area contributed by atoms with E-state index in [1.54, 1.807) is 0 Å². The molecule has 0 saturated heterocycles. The molecular weight excluding hydrogens is 629 g/mol. The molecule has 1 aliphatic carbocycles. The van der Waals surface area contributed by atoms with E-state index < -0.39 is 0 Å². The van der Waals surface area contributed by atoms with E-state index in [-0.39, 0.29) is 28.4 Å². The number of hydrogen-bond acceptors (Lipinski definition) is 3. The number of aromatic nitrogens is 1. The van der Waals surface area contributed by atoms with Gasteiger partial charge in [-0.05, 0) is 122 Å². The van der Waals surface area contributed by atoms with Crippen LogP contribution in [0.1, 0.15) is 123 Å². The number of fused-ring (bicyclic) bond motifs is 6. The molecule has 3 heterocycles. The number of benzene rings is 4. The van der Waals surface area contributed by atoms with Crippen molar-refractivity contribution in [1.29, 1.82) is 0 Å². The van der Waals surface area contributed by atoms with Crippen LogP contribution in [0.25, 0.3) is 0 Å². The normalized spacial score (nSPS) is 15.3. The molecule has 0 radical (unpaired) electrons. The van der Waals surface area contributed by atoms with E-state index in [2.05, 4.69) is 178 Å². The van der Waals surface area contributed by atoms with Crippen molar-refractivity contribution in [2.45, 2.75) is 124 Å². The molecule has 4 aromatic carbocycles. The molecule has 4 heteroatoms. The van der Waals surface area contributed by atoms with Crippen molar-refractivity contribution in [2.75, 3.05) is 9.80 Å². The summed E-state index contributed by atoms with van der Waals surface area (Å²) in [6.07, 6.45) is 3.20. The lowest BCUT2D eigenvalue weighted by Gasteiger charge is -2.45. The van der Waals surface area contributed by atoms with Gasteiger partial charge >= 0.3 is 0 Å². The average molecular weight is 686 g/mol. The summed E-state index contributed by atoms with van der Waals surface area (Å²) in [5.74, 6) is 1.09. The van der Waals surface area contributed by atoms with Crippen molar-refractivity contribution in [3.05, 3.63) is 118 Å². The lowest BCUT2D eigenvalue weighted by Crippen LogP contribution is -2.62. The predicted molar refractivity (Wildman–Crippen MR) is 225 cm³/mol. The minimum Gasteiger partial charge on any atom is -0.311 e. The Labute approximate surface area is 313 Å². The van der Waals surface area contributed by atoms with Crippen molar-refractivity contribution < 1.29 is 0 Å². The van der Waals surface area contributed by atoms with Gasteiger partial charge in [0.05, 0.1) is 5.69 Å². The zero-order valence-electron chi connectivity index (χ0n) is 33.6. The molecule has 3 nitrogen and oxygen atoms in total. The van der Waals surface area contributed by atoms with E-state index in [4.69, 9.17) is 4.98 Å². The second-order valence-electron chi connectivity index (χ2n) is 19.7. The first-order chi connectivity index (χ1) is 24.3. The number of nitrogens with zero attached hydrogens (tertiary/aromatic N) is 3. The second kappa shape index (κ2) is 11.6. The van der Waals surface area contributed by atoms with Gasteiger partial charge in [-0.3, -0.25) is 4.90 Å². The monoisotopic (exact) mass is 685 g/mol. The van der Waals surface area contributed by atoms with Crippen LogP contribution in [0.5, 0.6) is 0 Å². The lowest BCUT2D eigenvalue weighted by molar-refractivity contribution is 0.590. The zero-order chi connectivity index (χ0) is 37.1. The Morgan fingerprint density at radius 1 is 0.500 bits per heavy atom. The molecule has 3 aliphatic rings. The highest BCUT2D eigenvalue weighted by molar-refractivity contribution is 7.00. The third-order valence-corrected chi connectivity index (χ3v) is 11.8. The second-order valence-corrected chi connectivity index (χ2v) is 19.7. The molecule has 0 spiro atoms. The molecule has 0 saturated carbocycles. The number of hydrogen-bond donors (Lipinski definition) is 0. The molecule has 52 heavy (non-hydrogen) atoms. The highest BCUT2D eigenvalue weighted by atomic mass is 15.2. The van der Waals surface area contributed by atoms with Gasteiger partial charge in [-0.25, -0.2) is 4.98 Å². The van der Waals surface area contributed by atoms with Gasteiger partial charge in [0.25, 0.3) is 6.71 Å². The maximum Gasteiger partial charge on any atom is 0.254 e. The van der Waals surface area contributed by atoms with Gasteiger partial charge in [-0.2, -0.15) is 0 Å². The summed E-state index contributed by atoms with van der Waals surface area (Å²) < 4.78 is 0. The van der Waals surface area contributed by atoms with Crippen LogP contribution in [0.2, 0.25) is 0 Å². The fourth-order valence-corrected chi connectivity index (χ4v) is 8.63. The highest BCUT2D eigenvalue weighted by Gasteiger charge is 2.47. The third-order valence-electron chi connectivity index (χ3n) is 11.8. The summed E-state index contributed by atoms with van der Waals surface area (Å²) in [6.45, 7) is 27.9. The quantitative estimate of drug-likeness (QED) is 0.169. The van der Waals surface area contributed by atoms with E-state index in [0.29, 0.717) is 0 Å². The molecule has 8 rings (SSSR count). The first-order valence-corrected chi connectivity index (χ1v) is 19.5. The number of aryl methyl sites for hydroxylation is 1. The van der Waals surface area contributed by atoms with Crippen LogP contribution in [0, 0.1) is 0 Å². The lowest BCUT2D eigenvalue weighted by atomic mass is 9.33. The molecule has 0 amide bonds. The Kier molecular flexibility index (Phi) is 7.75. The standard InChI is InChI=1S/C48H56BN3/c1-45(2,3)30-16-22-34(23-17-30)51-40-26-20-32(47(7,8)9)28-37(40)49-38-29-33(48(10,11)12)21-27-41(38)52(35-24-18-31(19-25-35)46(4,5)6)44-42(49)43(51)36-14-13-15-39(36)50-44/h16-29H,13-15H2,1-12H3. The molecule has 0 unspecified atom stereocenters. The summed E-state index contributed by atoms with van der Waals surface area (Å²) in [7, 11) is 0. The molecule has 2 aliphatic heterocycles. The fraction of sp³-hybridized carbons (Fsp3) is 0.396. The predicted octanol–water partition coefficient (Wildman–Crippen LogP) is 10.8. The summed E-state index contributed by atoms with van der Waals surface area (Å²) in [5, 5.41) is 0. The van der Waals surface area contributed by atoms with Crippen molar-refractivity contribution in [1.82, 2.24) is 4.98 Å². The largest absolute Gasteiger partial charge is 0.311 e. The molecule has 5 aromatic rings. The smallest absolute Gasteiger partial charge is 0.254 e. The maximum absolute atomic E-state index is 5.70. The highest BCUT2D eigenvalue weighted by Crippen LogP contribution is 2.48. The van der Waals surface area contributed by atoms with Gasteiger partial charge in [0.2, 0.25) is 0 Å². The summed E-state index contributed by atoms with van der Waals surface area (Å²) >= 11 is 0. The van der Waals surface area contributed by atoms with Crippen molar-refractivity contribution in [3.8, 4) is 0 Å². The molecular formula is C48H56BN3. The van der Waals surface area contributed by atoms with Crippen LogP contribution in [-0.2, 0) is 34.5 Å². The zero-order valence-corrected chi connectivity index (χ0v) is 33.6. The molecule has 0 N–H and O–H groups in total. The van der Waals surface area contributed by atoms with Crippen LogP contribution in [0.15, 0.2) is 84.9 Å². The Hall–Kier alpha value is -4.31. The minimum atomic E-state index is 0.0130. The summed E-state index contributed by atoms with van der Waals surface area (Å²) in [5.41, 5.74) is 18.6. The van der Waals surface area contributed by atoms with E-state index in [9.17, 15) is 0 Å². The van der Waals surface area contributed by atoms with Gasteiger partial charge in [-0.1, -0.05) is 132 Å². The Bertz CT molecular complexity index is 2170. The van der Waals surface area contributed by atoms with Crippen LogP contribution >= 0.6 is 0 Å². The molecule has 0 fully saturated rings. The van der Waals surface area contributed by atoms with Gasteiger partial charge in [-0.15, -0.1) is 0 Å². The Balaban J connectivity index is 1.48. The fourth-order valence-electron chi connectivity index (χ4n) is 8.63. The Morgan fingerprint density at radius 2 is 0.923 bits per heavy atom. The topological polar surface area (TPSA) is 19.4 Å². The van der Waals surface area contributed by atoms with Gasteiger partial charge in [0, 0.05) is 28.4 Å². The molecule has 266 valence electrons. The van der Waals surface area contributed by atoms with E-state index in [0.717, 1.165) is 25.1 Å². The maximum atomic E-state index is 5.70. The first-order valence-electron chi connectivity index (χ1n) is 19.5. The molecule has 0 atom stereocenters. The average Bonchev–Trinajstić information content (AvgIpc) is 3.55. The summed E-state index contributed by atoms with van der Waals surface area (Å²) in [6, 6.07) is 33.3. The Morgan fingerprint density at radius 3 is 1.38 bits per heavy atom. The van der Waals surface area contributed by atoms with Crippen molar-refractivity contribution in [2.24, 2.45) is 0 Å². The molecule has 1 aromatic heterocycles. The van der Waals surface area contributed by atoms with Gasteiger partial charge < -0.3 is 4.90 Å². The third kappa shape index (κ3) is 5.60. The number of pyridine rings is 1. The van der Waals surface area contributed by atoms with Crippen molar-refractivity contribution >= 4 is 57.4 Å². The van der Waals surface area contributed by atoms with Crippen molar-refractivity contribution in [3.63, 3.8) is 0 Å². The van der Waals surface area contributed by atoms with Crippen LogP contribution in [0.4, 0.5) is 34.3 Å². The van der Waals surface area contributed by atoms with E-state index in [1.165, 1.54) is 78.3 Å². The minimum absolute atomic E-state index is 0.0130. The van der Waals surface area contributed by atoms with E-state index in [1.807, 2.05) is 0 Å². The van der Waals surface area contributed by atoms with Gasteiger partial charge in [0.1, 0.15) is 5.82 Å². The van der Waals surface area contributed by atoms with Crippen LogP contribution < -0.4 is 26.2 Å². The van der Waals surface area contributed by atoms with E-state index >= 15 is 0 Å². The SMILES string of the molecule is CC(C)(C)c1ccc(N2c3ccc(C(C)(C)C)cc3B3c4cc(C(C)(C)C)ccc4N(c4ccc(C(C)(C)C)cc4)c4c5c(nc2c43)CCC5)cc1. The summed E-state index contributed by atoms with van der Waals surface area (Å²) in [4.78, 5) is 10.8.